The summed E-state index contributed by atoms with van der Waals surface area (Å²) in [4.78, 5) is 18.3. The van der Waals surface area contributed by atoms with Crippen molar-refractivity contribution in [1.29, 1.82) is 0 Å². The van der Waals surface area contributed by atoms with Crippen LogP contribution in [0.5, 0.6) is 0 Å². The molecule has 2 heterocycles. The molecule has 1 aromatic carbocycles. The van der Waals surface area contributed by atoms with Gasteiger partial charge in [-0.2, -0.15) is 4.98 Å². The SMILES string of the molecule is C[C@H]1OCCN(Cc2cccc(C(N)=O)c2)[C@@H]1c1nc(C2CC2)no1. The largest absolute Gasteiger partial charge is 0.375 e. The van der Waals surface area contributed by atoms with Crippen molar-refractivity contribution in [1.82, 2.24) is 15.0 Å². The molecule has 2 aromatic rings. The maximum Gasteiger partial charge on any atom is 0.248 e. The number of carbonyl (C=O) groups is 1. The van der Waals surface area contributed by atoms with Crippen molar-refractivity contribution >= 4 is 5.91 Å². The van der Waals surface area contributed by atoms with E-state index in [1.807, 2.05) is 25.1 Å². The molecular formula is C18H22N4O3. The molecule has 7 nitrogen and oxygen atoms in total. The summed E-state index contributed by atoms with van der Waals surface area (Å²) in [5.74, 6) is 1.46. The number of nitrogens with two attached hydrogens (primary N) is 1. The minimum atomic E-state index is -0.417. The zero-order valence-electron chi connectivity index (χ0n) is 14.2. The smallest absolute Gasteiger partial charge is 0.248 e. The van der Waals surface area contributed by atoms with Crippen LogP contribution < -0.4 is 5.73 Å². The van der Waals surface area contributed by atoms with Crippen LogP contribution in [0.1, 0.15) is 59.4 Å². The third kappa shape index (κ3) is 3.43. The van der Waals surface area contributed by atoms with E-state index in [9.17, 15) is 4.79 Å². The van der Waals surface area contributed by atoms with Gasteiger partial charge in [-0.3, -0.25) is 9.69 Å². The fourth-order valence-electron chi connectivity index (χ4n) is 3.35. The van der Waals surface area contributed by atoms with Crippen LogP contribution in [0, 0.1) is 0 Å². The van der Waals surface area contributed by atoms with Gasteiger partial charge in [0.25, 0.3) is 0 Å². The number of hydrogen-bond acceptors (Lipinski definition) is 6. The molecule has 7 heteroatoms. The summed E-state index contributed by atoms with van der Waals surface area (Å²) in [5, 5.41) is 4.14. The van der Waals surface area contributed by atoms with E-state index in [2.05, 4.69) is 15.0 Å². The Hall–Kier alpha value is -2.25. The van der Waals surface area contributed by atoms with Crippen LogP contribution in [0.2, 0.25) is 0 Å². The molecule has 0 unspecified atom stereocenters. The number of nitrogens with zero attached hydrogens (tertiary/aromatic N) is 3. The topological polar surface area (TPSA) is 94.5 Å². The van der Waals surface area contributed by atoms with Gasteiger partial charge in [-0.25, -0.2) is 0 Å². The second kappa shape index (κ2) is 6.57. The summed E-state index contributed by atoms with van der Waals surface area (Å²) in [6.07, 6.45) is 2.24. The summed E-state index contributed by atoms with van der Waals surface area (Å²) in [5.41, 5.74) is 6.93. The number of carbonyl (C=O) groups excluding carboxylic acids is 1. The van der Waals surface area contributed by atoms with Gasteiger partial charge in [-0.1, -0.05) is 17.3 Å². The second-order valence-electron chi connectivity index (χ2n) is 6.82. The highest BCUT2D eigenvalue weighted by Gasteiger charge is 2.37. The molecular weight excluding hydrogens is 320 g/mol. The van der Waals surface area contributed by atoms with Crippen molar-refractivity contribution in [3.63, 3.8) is 0 Å². The molecule has 0 spiro atoms. The first-order chi connectivity index (χ1) is 12.1. The van der Waals surface area contributed by atoms with Crippen molar-refractivity contribution in [2.75, 3.05) is 13.2 Å². The number of amides is 1. The van der Waals surface area contributed by atoms with E-state index in [1.54, 1.807) is 6.07 Å². The van der Waals surface area contributed by atoms with Crippen LogP contribution in [0.25, 0.3) is 0 Å². The molecule has 0 radical (unpaired) electrons. The summed E-state index contributed by atoms with van der Waals surface area (Å²) in [7, 11) is 0. The summed E-state index contributed by atoms with van der Waals surface area (Å²) >= 11 is 0. The van der Waals surface area contributed by atoms with E-state index in [0.29, 0.717) is 30.5 Å². The molecule has 0 bridgehead atoms. The number of hydrogen-bond donors (Lipinski definition) is 1. The lowest BCUT2D eigenvalue weighted by atomic mass is 10.1. The van der Waals surface area contributed by atoms with Crippen LogP contribution in [0.4, 0.5) is 0 Å². The van der Waals surface area contributed by atoms with Crippen molar-refractivity contribution in [3.8, 4) is 0 Å². The highest BCUT2D eigenvalue weighted by atomic mass is 16.5. The van der Waals surface area contributed by atoms with Crippen molar-refractivity contribution in [2.24, 2.45) is 5.73 Å². The third-order valence-electron chi connectivity index (χ3n) is 4.85. The Labute approximate surface area is 146 Å². The number of aromatic nitrogens is 2. The first-order valence-corrected chi connectivity index (χ1v) is 8.69. The Kier molecular flexibility index (Phi) is 4.27. The van der Waals surface area contributed by atoms with Crippen LogP contribution >= 0.6 is 0 Å². The van der Waals surface area contributed by atoms with Crippen LogP contribution in [-0.4, -0.2) is 40.2 Å². The fraction of sp³-hybridized carbons (Fsp3) is 0.500. The lowest BCUT2D eigenvalue weighted by molar-refractivity contribution is -0.0763. The molecule has 1 amide bonds. The van der Waals surface area contributed by atoms with Gasteiger partial charge < -0.3 is 15.0 Å². The number of ether oxygens (including phenoxy) is 1. The molecule has 2 N–H and O–H groups in total. The van der Waals surface area contributed by atoms with Crippen molar-refractivity contribution in [2.45, 2.75) is 44.4 Å². The van der Waals surface area contributed by atoms with E-state index in [1.165, 1.54) is 0 Å². The maximum atomic E-state index is 11.4. The van der Waals surface area contributed by atoms with Gasteiger partial charge >= 0.3 is 0 Å². The second-order valence-corrected chi connectivity index (χ2v) is 6.82. The lowest BCUT2D eigenvalue weighted by Gasteiger charge is -2.37. The number of rotatable bonds is 5. The lowest BCUT2D eigenvalue weighted by Crippen LogP contribution is -2.43. The van der Waals surface area contributed by atoms with Gasteiger partial charge in [0.1, 0.15) is 6.04 Å². The Balaban J connectivity index is 1.57. The van der Waals surface area contributed by atoms with E-state index in [0.717, 1.165) is 30.8 Å². The number of primary amides is 1. The van der Waals surface area contributed by atoms with E-state index < -0.39 is 5.91 Å². The normalized spacial score (nSPS) is 24.4. The molecule has 1 aliphatic heterocycles. The highest BCUT2D eigenvalue weighted by Crippen LogP contribution is 2.39. The molecule has 4 rings (SSSR count). The van der Waals surface area contributed by atoms with Crippen LogP contribution in [0.15, 0.2) is 28.8 Å². The van der Waals surface area contributed by atoms with Gasteiger partial charge in [0.05, 0.1) is 12.7 Å². The van der Waals surface area contributed by atoms with E-state index in [-0.39, 0.29) is 12.1 Å². The molecule has 132 valence electrons. The first-order valence-electron chi connectivity index (χ1n) is 8.69. The third-order valence-corrected chi connectivity index (χ3v) is 4.85. The average Bonchev–Trinajstić information content (AvgIpc) is 3.34. The molecule has 2 atom stereocenters. The van der Waals surface area contributed by atoms with Gasteiger partial charge in [-0.15, -0.1) is 0 Å². The van der Waals surface area contributed by atoms with Crippen LogP contribution in [0.3, 0.4) is 0 Å². The zero-order chi connectivity index (χ0) is 17.4. The molecule has 1 aliphatic carbocycles. The fourth-order valence-corrected chi connectivity index (χ4v) is 3.35. The molecule has 2 fully saturated rings. The Bertz CT molecular complexity index is 771. The van der Waals surface area contributed by atoms with Gasteiger partial charge in [0.2, 0.25) is 11.8 Å². The Morgan fingerprint density at radius 2 is 2.24 bits per heavy atom. The van der Waals surface area contributed by atoms with Gasteiger partial charge in [0.15, 0.2) is 5.82 Å². The predicted molar refractivity (Wildman–Crippen MR) is 89.8 cm³/mol. The standard InChI is InChI=1S/C18H22N4O3/c1-11-15(18-20-17(21-25-18)13-5-6-13)22(7-8-24-11)10-12-3-2-4-14(9-12)16(19)23/h2-4,9,11,13,15H,5-8,10H2,1H3,(H2,19,23)/t11-,15+/m1/s1. The van der Waals surface area contributed by atoms with Gasteiger partial charge in [-0.05, 0) is 37.5 Å². The summed E-state index contributed by atoms with van der Waals surface area (Å²) < 4.78 is 11.4. The van der Waals surface area contributed by atoms with Gasteiger partial charge in [0, 0.05) is 24.6 Å². The monoisotopic (exact) mass is 342 g/mol. The molecule has 1 aromatic heterocycles. The average molecular weight is 342 g/mol. The van der Waals surface area contributed by atoms with Crippen LogP contribution in [-0.2, 0) is 11.3 Å². The number of morpholine rings is 1. The molecule has 1 saturated heterocycles. The Morgan fingerprint density at radius 3 is 3.00 bits per heavy atom. The predicted octanol–water partition coefficient (Wildman–Crippen LogP) is 2.01. The highest BCUT2D eigenvalue weighted by molar-refractivity contribution is 5.92. The maximum absolute atomic E-state index is 11.4. The minimum absolute atomic E-state index is 0.0411. The molecule has 25 heavy (non-hydrogen) atoms. The minimum Gasteiger partial charge on any atom is -0.375 e. The molecule has 1 saturated carbocycles. The van der Waals surface area contributed by atoms with Crippen molar-refractivity contribution < 1.29 is 14.1 Å². The van der Waals surface area contributed by atoms with E-state index in [4.69, 9.17) is 15.0 Å². The molecule has 2 aliphatic rings. The first kappa shape index (κ1) is 16.2. The van der Waals surface area contributed by atoms with E-state index >= 15 is 0 Å². The summed E-state index contributed by atoms with van der Waals surface area (Å²) in [6.45, 7) is 4.10. The zero-order valence-corrected chi connectivity index (χ0v) is 14.2. The number of benzene rings is 1. The summed E-state index contributed by atoms with van der Waals surface area (Å²) in [6, 6.07) is 7.32. The quantitative estimate of drug-likeness (QED) is 0.893. The Morgan fingerprint density at radius 1 is 1.40 bits per heavy atom. The van der Waals surface area contributed by atoms with Crippen molar-refractivity contribution in [3.05, 3.63) is 47.1 Å².